The van der Waals surface area contributed by atoms with Crippen molar-refractivity contribution in [2.45, 2.75) is 19.4 Å². The normalized spacial score (nSPS) is 12.2. The summed E-state index contributed by atoms with van der Waals surface area (Å²) in [5, 5.41) is 10.1. The molecule has 1 unspecified atom stereocenters. The third-order valence-corrected chi connectivity index (χ3v) is 2.95. The fourth-order valence-corrected chi connectivity index (χ4v) is 1.94. The van der Waals surface area contributed by atoms with Crippen molar-refractivity contribution in [1.29, 1.82) is 0 Å². The quantitative estimate of drug-likeness (QED) is 0.891. The monoisotopic (exact) mass is 260 g/mol. The van der Waals surface area contributed by atoms with Crippen molar-refractivity contribution in [1.82, 2.24) is 0 Å². The minimum Gasteiger partial charge on any atom is -0.494 e. The molecule has 2 rings (SSSR count). The summed E-state index contributed by atoms with van der Waals surface area (Å²) in [6.45, 7) is 2.53. The lowest BCUT2D eigenvalue weighted by molar-refractivity contribution is 0.177. The van der Waals surface area contributed by atoms with Crippen molar-refractivity contribution in [2.24, 2.45) is 0 Å². The van der Waals surface area contributed by atoms with Gasteiger partial charge in [-0.3, -0.25) is 0 Å². The van der Waals surface area contributed by atoms with Gasteiger partial charge in [-0.15, -0.1) is 0 Å². The van der Waals surface area contributed by atoms with Crippen LogP contribution in [0.15, 0.2) is 48.5 Å². The molecule has 2 aromatic rings. The summed E-state index contributed by atoms with van der Waals surface area (Å²) >= 11 is 0. The van der Waals surface area contributed by atoms with Gasteiger partial charge in [-0.25, -0.2) is 4.39 Å². The molecule has 0 amide bonds. The molecule has 0 radical (unpaired) electrons. The number of aliphatic hydroxyl groups excluding tert-OH is 1. The largest absolute Gasteiger partial charge is 0.494 e. The number of benzene rings is 2. The second kappa shape index (κ2) is 6.34. The summed E-state index contributed by atoms with van der Waals surface area (Å²) in [6, 6.07) is 13.7. The number of halogens is 1. The van der Waals surface area contributed by atoms with Crippen LogP contribution in [0, 0.1) is 5.82 Å². The lowest BCUT2D eigenvalue weighted by Gasteiger charge is -2.12. The molecule has 0 aromatic heterocycles. The van der Waals surface area contributed by atoms with Gasteiger partial charge in [-0.1, -0.05) is 30.3 Å². The van der Waals surface area contributed by atoms with E-state index in [0.29, 0.717) is 12.2 Å². The number of aliphatic hydroxyl groups is 1. The van der Waals surface area contributed by atoms with Gasteiger partial charge in [0.25, 0.3) is 0 Å². The van der Waals surface area contributed by atoms with E-state index in [1.54, 1.807) is 30.3 Å². The van der Waals surface area contributed by atoms with Gasteiger partial charge in [0.1, 0.15) is 11.6 Å². The Labute approximate surface area is 112 Å². The van der Waals surface area contributed by atoms with Gasteiger partial charge in [-0.05, 0) is 36.2 Å². The summed E-state index contributed by atoms with van der Waals surface area (Å²) in [5.41, 5.74) is 1.27. The molecule has 3 heteroatoms. The van der Waals surface area contributed by atoms with Gasteiger partial charge in [0.2, 0.25) is 0 Å². The van der Waals surface area contributed by atoms with Crippen LogP contribution in [-0.2, 0) is 6.42 Å². The Hall–Kier alpha value is -1.87. The van der Waals surface area contributed by atoms with Crippen LogP contribution >= 0.6 is 0 Å². The standard InChI is InChI=1S/C16H17FO2/c1-2-19-14-9-7-12(8-10-14)16(18)11-13-5-3-4-6-15(13)17/h3-10,16,18H,2,11H2,1H3. The van der Waals surface area contributed by atoms with Crippen molar-refractivity contribution < 1.29 is 14.2 Å². The first kappa shape index (κ1) is 13.6. The maximum atomic E-state index is 13.5. The third kappa shape index (κ3) is 3.55. The predicted molar refractivity (Wildman–Crippen MR) is 72.7 cm³/mol. The van der Waals surface area contributed by atoms with Crippen molar-refractivity contribution in [3.05, 3.63) is 65.5 Å². The van der Waals surface area contributed by atoms with Crippen LogP contribution in [0.4, 0.5) is 4.39 Å². The van der Waals surface area contributed by atoms with E-state index in [0.717, 1.165) is 11.3 Å². The first-order valence-electron chi connectivity index (χ1n) is 6.35. The molecular formula is C16H17FO2. The number of ether oxygens (including phenoxy) is 1. The van der Waals surface area contributed by atoms with Crippen LogP contribution in [0.2, 0.25) is 0 Å². The number of rotatable bonds is 5. The highest BCUT2D eigenvalue weighted by Crippen LogP contribution is 2.22. The van der Waals surface area contributed by atoms with Gasteiger partial charge in [-0.2, -0.15) is 0 Å². The van der Waals surface area contributed by atoms with Gasteiger partial charge in [0.15, 0.2) is 0 Å². The second-order valence-electron chi connectivity index (χ2n) is 4.31. The van der Waals surface area contributed by atoms with Gasteiger partial charge in [0.05, 0.1) is 12.7 Å². The molecule has 0 saturated heterocycles. The SMILES string of the molecule is CCOc1ccc(C(O)Cc2ccccc2F)cc1. The van der Waals surface area contributed by atoms with Crippen molar-refractivity contribution in [3.63, 3.8) is 0 Å². The van der Waals surface area contributed by atoms with Crippen molar-refractivity contribution >= 4 is 0 Å². The summed E-state index contributed by atoms with van der Waals surface area (Å²) < 4.78 is 18.8. The van der Waals surface area contributed by atoms with Gasteiger partial charge >= 0.3 is 0 Å². The third-order valence-electron chi connectivity index (χ3n) is 2.95. The molecule has 2 aromatic carbocycles. The molecule has 1 N–H and O–H groups in total. The fourth-order valence-electron chi connectivity index (χ4n) is 1.94. The predicted octanol–water partition coefficient (Wildman–Crippen LogP) is 3.50. The highest BCUT2D eigenvalue weighted by molar-refractivity contribution is 5.30. The lowest BCUT2D eigenvalue weighted by atomic mass is 10.0. The molecule has 1 atom stereocenters. The van der Waals surface area contributed by atoms with Crippen LogP contribution in [0.5, 0.6) is 5.75 Å². The maximum absolute atomic E-state index is 13.5. The molecule has 2 nitrogen and oxygen atoms in total. The van der Waals surface area contributed by atoms with Crippen molar-refractivity contribution in [2.75, 3.05) is 6.61 Å². The molecule has 0 bridgehead atoms. The van der Waals surface area contributed by atoms with Crippen LogP contribution in [0.3, 0.4) is 0 Å². The minimum absolute atomic E-state index is 0.265. The molecule has 0 saturated carbocycles. The molecule has 0 fully saturated rings. The smallest absolute Gasteiger partial charge is 0.126 e. The maximum Gasteiger partial charge on any atom is 0.126 e. The van der Waals surface area contributed by atoms with E-state index in [9.17, 15) is 9.50 Å². The molecule has 0 heterocycles. The topological polar surface area (TPSA) is 29.5 Å². The minimum atomic E-state index is -0.715. The summed E-state index contributed by atoms with van der Waals surface area (Å²) in [7, 11) is 0. The highest BCUT2D eigenvalue weighted by Gasteiger charge is 2.11. The average molecular weight is 260 g/mol. The molecule has 100 valence electrons. The van der Waals surface area contributed by atoms with E-state index in [1.807, 2.05) is 19.1 Å². The first-order valence-corrected chi connectivity index (χ1v) is 6.35. The Kier molecular flexibility index (Phi) is 4.53. The number of hydrogen-bond acceptors (Lipinski definition) is 2. The molecule has 0 aliphatic carbocycles. The summed E-state index contributed by atoms with van der Waals surface area (Å²) in [4.78, 5) is 0. The molecular weight excluding hydrogens is 243 g/mol. The zero-order valence-corrected chi connectivity index (χ0v) is 10.8. The van der Waals surface area contributed by atoms with E-state index in [4.69, 9.17) is 4.74 Å². The fraction of sp³-hybridized carbons (Fsp3) is 0.250. The van der Waals surface area contributed by atoms with Crippen LogP contribution in [0.1, 0.15) is 24.2 Å². The second-order valence-corrected chi connectivity index (χ2v) is 4.31. The van der Waals surface area contributed by atoms with E-state index >= 15 is 0 Å². The Balaban J connectivity index is 2.07. The zero-order valence-electron chi connectivity index (χ0n) is 10.8. The Morgan fingerprint density at radius 3 is 2.42 bits per heavy atom. The Bertz CT molecular complexity index is 523. The van der Waals surface area contributed by atoms with Gasteiger partial charge < -0.3 is 9.84 Å². The highest BCUT2D eigenvalue weighted by atomic mass is 19.1. The molecule has 0 aliphatic rings. The Morgan fingerprint density at radius 1 is 1.11 bits per heavy atom. The van der Waals surface area contributed by atoms with E-state index < -0.39 is 6.10 Å². The van der Waals surface area contributed by atoms with Crippen molar-refractivity contribution in [3.8, 4) is 5.75 Å². The van der Waals surface area contributed by atoms with E-state index in [-0.39, 0.29) is 12.2 Å². The van der Waals surface area contributed by atoms with Gasteiger partial charge in [0, 0.05) is 6.42 Å². The molecule has 0 aliphatic heterocycles. The van der Waals surface area contributed by atoms with Crippen LogP contribution < -0.4 is 4.74 Å². The Morgan fingerprint density at radius 2 is 1.79 bits per heavy atom. The average Bonchev–Trinajstić information content (AvgIpc) is 2.42. The first-order chi connectivity index (χ1) is 9.20. The van der Waals surface area contributed by atoms with E-state index in [2.05, 4.69) is 0 Å². The molecule has 0 spiro atoms. The van der Waals surface area contributed by atoms with Crippen LogP contribution in [0.25, 0.3) is 0 Å². The summed E-state index contributed by atoms with van der Waals surface area (Å²) in [6.07, 6.45) is -0.451. The lowest BCUT2D eigenvalue weighted by Crippen LogP contribution is -2.03. The zero-order chi connectivity index (χ0) is 13.7. The number of hydrogen-bond donors (Lipinski definition) is 1. The molecule has 19 heavy (non-hydrogen) atoms. The van der Waals surface area contributed by atoms with Crippen LogP contribution in [-0.4, -0.2) is 11.7 Å². The summed E-state index contributed by atoms with van der Waals surface area (Å²) in [5.74, 6) is 0.483. The van der Waals surface area contributed by atoms with E-state index in [1.165, 1.54) is 6.07 Å².